The number of methoxy groups -OCH3 is 1. The van der Waals surface area contributed by atoms with Crippen LogP contribution in [0.1, 0.15) is 31.3 Å². The van der Waals surface area contributed by atoms with Crippen molar-refractivity contribution in [2.24, 2.45) is 5.73 Å². The van der Waals surface area contributed by atoms with Crippen LogP contribution in [0.3, 0.4) is 0 Å². The molecule has 0 saturated carbocycles. The number of hydrogen-bond donors (Lipinski definition) is 1. The van der Waals surface area contributed by atoms with E-state index in [9.17, 15) is 0 Å². The van der Waals surface area contributed by atoms with Crippen molar-refractivity contribution in [2.75, 3.05) is 7.11 Å². The molecule has 2 unspecified atom stereocenters. The van der Waals surface area contributed by atoms with Gasteiger partial charge in [0.05, 0.1) is 7.11 Å². The minimum atomic E-state index is -0.0418. The van der Waals surface area contributed by atoms with Gasteiger partial charge in [-0.25, -0.2) is 4.98 Å². The Morgan fingerprint density at radius 2 is 2.05 bits per heavy atom. The van der Waals surface area contributed by atoms with Crippen LogP contribution in [-0.4, -0.2) is 21.7 Å². The molecular formula is C14H19N3OS2. The van der Waals surface area contributed by atoms with Gasteiger partial charge in [-0.05, 0) is 29.2 Å². The lowest BCUT2D eigenvalue weighted by Crippen LogP contribution is -2.20. The first-order chi connectivity index (χ1) is 9.63. The molecule has 4 nitrogen and oxygen atoms in total. The normalized spacial score (nSPS) is 14.0. The summed E-state index contributed by atoms with van der Waals surface area (Å²) in [6.07, 6.45) is 0.871. The summed E-state index contributed by atoms with van der Waals surface area (Å²) in [6.45, 7) is 4.18. The fourth-order valence-corrected chi connectivity index (χ4v) is 3.78. The standard InChI is InChI=1S/C14H19N3OS2/c1-4-12-16-14(20-17-12)19-9(2)13(15)10-5-7-11(18-3)8-6-10/h5-9,13H,4,15H2,1-3H3. The number of nitrogens with zero attached hydrogens (tertiary/aromatic N) is 2. The van der Waals surface area contributed by atoms with Gasteiger partial charge in [0.15, 0.2) is 4.34 Å². The summed E-state index contributed by atoms with van der Waals surface area (Å²) < 4.78 is 10.4. The molecule has 0 saturated heterocycles. The molecule has 20 heavy (non-hydrogen) atoms. The summed E-state index contributed by atoms with van der Waals surface area (Å²) in [5.41, 5.74) is 7.41. The molecule has 0 aliphatic rings. The smallest absolute Gasteiger partial charge is 0.170 e. The molecule has 0 radical (unpaired) electrons. The van der Waals surface area contributed by atoms with Gasteiger partial charge >= 0.3 is 0 Å². The largest absolute Gasteiger partial charge is 0.497 e. The van der Waals surface area contributed by atoms with E-state index in [1.165, 1.54) is 11.5 Å². The number of thioether (sulfide) groups is 1. The maximum absolute atomic E-state index is 6.31. The van der Waals surface area contributed by atoms with Gasteiger partial charge in [-0.2, -0.15) is 4.37 Å². The molecule has 6 heteroatoms. The van der Waals surface area contributed by atoms with E-state index in [1.807, 2.05) is 24.3 Å². The highest BCUT2D eigenvalue weighted by Gasteiger charge is 2.18. The van der Waals surface area contributed by atoms with Gasteiger partial charge in [-0.1, -0.05) is 37.7 Å². The zero-order chi connectivity index (χ0) is 14.5. The Kier molecular flexibility index (Phi) is 5.39. The van der Waals surface area contributed by atoms with Gasteiger partial charge in [0.1, 0.15) is 11.6 Å². The van der Waals surface area contributed by atoms with Crippen molar-refractivity contribution in [3.63, 3.8) is 0 Å². The average Bonchev–Trinajstić information content (AvgIpc) is 2.94. The van der Waals surface area contributed by atoms with Crippen molar-refractivity contribution in [3.8, 4) is 5.75 Å². The highest BCUT2D eigenvalue weighted by molar-refractivity contribution is 8.01. The first-order valence-electron chi connectivity index (χ1n) is 6.52. The molecule has 108 valence electrons. The van der Waals surface area contributed by atoms with Crippen LogP contribution in [0.4, 0.5) is 0 Å². The maximum Gasteiger partial charge on any atom is 0.170 e. The van der Waals surface area contributed by atoms with Crippen LogP contribution >= 0.6 is 23.3 Å². The Bertz CT molecular complexity index is 542. The molecule has 0 amide bonds. The summed E-state index contributed by atoms with van der Waals surface area (Å²) in [5, 5.41) is 0.237. The Morgan fingerprint density at radius 1 is 1.35 bits per heavy atom. The quantitative estimate of drug-likeness (QED) is 0.830. The predicted octanol–water partition coefficient (Wildman–Crippen LogP) is 3.29. The molecular weight excluding hydrogens is 290 g/mol. The van der Waals surface area contributed by atoms with Gasteiger partial charge in [0.2, 0.25) is 0 Å². The van der Waals surface area contributed by atoms with Crippen molar-refractivity contribution >= 4 is 23.3 Å². The van der Waals surface area contributed by atoms with Crippen molar-refractivity contribution in [2.45, 2.75) is 35.9 Å². The van der Waals surface area contributed by atoms with Crippen molar-refractivity contribution in [1.82, 2.24) is 9.36 Å². The van der Waals surface area contributed by atoms with Crippen molar-refractivity contribution in [3.05, 3.63) is 35.7 Å². The van der Waals surface area contributed by atoms with Gasteiger partial charge < -0.3 is 10.5 Å². The zero-order valence-electron chi connectivity index (χ0n) is 11.9. The van der Waals surface area contributed by atoms with Crippen LogP contribution in [0.15, 0.2) is 28.6 Å². The molecule has 1 aromatic heterocycles. The van der Waals surface area contributed by atoms with E-state index in [4.69, 9.17) is 10.5 Å². The zero-order valence-corrected chi connectivity index (χ0v) is 13.5. The number of rotatable bonds is 6. The van der Waals surface area contributed by atoms with Gasteiger partial charge in [0.25, 0.3) is 0 Å². The number of hydrogen-bond acceptors (Lipinski definition) is 6. The molecule has 2 rings (SSSR count). The average molecular weight is 309 g/mol. The Balaban J connectivity index is 2.01. The van der Waals surface area contributed by atoms with Crippen LogP contribution in [0.2, 0.25) is 0 Å². The van der Waals surface area contributed by atoms with Crippen molar-refractivity contribution < 1.29 is 4.74 Å². The third kappa shape index (κ3) is 3.71. The second-order valence-corrected chi connectivity index (χ2v) is 6.83. The molecule has 0 spiro atoms. The van der Waals surface area contributed by atoms with E-state index in [0.29, 0.717) is 0 Å². The summed E-state index contributed by atoms with van der Waals surface area (Å²) in [4.78, 5) is 4.47. The molecule has 2 aromatic rings. The van der Waals surface area contributed by atoms with E-state index in [-0.39, 0.29) is 11.3 Å². The Morgan fingerprint density at radius 3 is 2.60 bits per heavy atom. The first kappa shape index (κ1) is 15.3. The number of ether oxygens (including phenoxy) is 1. The lowest BCUT2D eigenvalue weighted by atomic mass is 10.1. The predicted molar refractivity (Wildman–Crippen MR) is 84.5 cm³/mol. The van der Waals surface area contributed by atoms with Crippen LogP contribution in [0.25, 0.3) is 0 Å². The van der Waals surface area contributed by atoms with Crippen molar-refractivity contribution in [1.29, 1.82) is 0 Å². The third-order valence-corrected chi connectivity index (χ3v) is 5.08. The van der Waals surface area contributed by atoms with E-state index < -0.39 is 0 Å². The lowest BCUT2D eigenvalue weighted by Gasteiger charge is -2.18. The van der Waals surface area contributed by atoms with E-state index in [1.54, 1.807) is 18.9 Å². The SMILES string of the molecule is CCc1nsc(SC(C)C(N)c2ccc(OC)cc2)n1. The first-order valence-corrected chi connectivity index (χ1v) is 8.18. The summed E-state index contributed by atoms with van der Waals surface area (Å²) in [6, 6.07) is 7.86. The highest BCUT2D eigenvalue weighted by atomic mass is 32.2. The molecule has 2 N–H and O–H groups in total. The second-order valence-electron chi connectivity index (χ2n) is 4.45. The molecule has 1 aromatic carbocycles. The summed E-state index contributed by atoms with van der Waals surface area (Å²) in [7, 11) is 1.66. The number of aromatic nitrogens is 2. The molecule has 0 aliphatic heterocycles. The molecule has 0 aliphatic carbocycles. The second kappa shape index (κ2) is 7.06. The minimum Gasteiger partial charge on any atom is -0.497 e. The molecule has 0 bridgehead atoms. The topological polar surface area (TPSA) is 61.0 Å². The lowest BCUT2D eigenvalue weighted by molar-refractivity contribution is 0.414. The third-order valence-electron chi connectivity index (χ3n) is 3.06. The monoisotopic (exact) mass is 309 g/mol. The van der Waals surface area contributed by atoms with Gasteiger partial charge in [-0.15, -0.1) is 0 Å². The fourth-order valence-electron chi connectivity index (χ4n) is 1.76. The molecule has 2 atom stereocenters. The van der Waals surface area contributed by atoms with Crippen LogP contribution in [-0.2, 0) is 6.42 Å². The Labute approximate surface area is 127 Å². The van der Waals surface area contributed by atoms with Crippen LogP contribution < -0.4 is 10.5 Å². The highest BCUT2D eigenvalue weighted by Crippen LogP contribution is 2.32. The molecule has 1 heterocycles. The van der Waals surface area contributed by atoms with Gasteiger partial charge in [-0.3, -0.25) is 0 Å². The van der Waals surface area contributed by atoms with E-state index >= 15 is 0 Å². The number of nitrogens with two attached hydrogens (primary N) is 1. The molecule has 0 fully saturated rings. The number of aryl methyl sites for hydroxylation is 1. The van der Waals surface area contributed by atoms with Gasteiger partial charge in [0, 0.05) is 17.7 Å². The van der Waals surface area contributed by atoms with E-state index in [0.717, 1.165) is 27.9 Å². The minimum absolute atomic E-state index is 0.0418. The van der Waals surface area contributed by atoms with E-state index in [2.05, 4.69) is 23.2 Å². The fraction of sp³-hybridized carbons (Fsp3) is 0.429. The van der Waals surface area contributed by atoms with Crippen LogP contribution in [0.5, 0.6) is 5.75 Å². The maximum atomic E-state index is 6.31. The Hall–Kier alpha value is -1.11. The number of benzene rings is 1. The summed E-state index contributed by atoms with van der Waals surface area (Å²) in [5.74, 6) is 1.75. The van der Waals surface area contributed by atoms with Crippen LogP contribution in [0, 0.1) is 0 Å². The summed E-state index contributed by atoms with van der Waals surface area (Å²) >= 11 is 3.13.